The molecule has 2 aliphatic rings. The molecule has 0 unspecified atom stereocenters. The molecule has 0 N–H and O–H groups in total. The van der Waals surface area contributed by atoms with Crippen LogP contribution < -0.4 is 15.8 Å². The van der Waals surface area contributed by atoms with Crippen molar-refractivity contribution in [3.8, 4) is 11.1 Å². The second-order valence-electron chi connectivity index (χ2n) is 6.84. The molecule has 2 aromatic rings. The standard InChI is InChI=1S/C19H20ClNO2/c20-14-9-7-13(8-10-14)16-17(19(23)18(16)22)21-11-3-5-12-4-1-2-6-15(12)21/h7-10,12,15H,1-6,11H2/t12-,15-/m0/s1. The number of halogens is 1. The second-order valence-corrected chi connectivity index (χ2v) is 7.27. The highest BCUT2D eigenvalue weighted by molar-refractivity contribution is 6.30. The fraction of sp³-hybridized carbons (Fsp3) is 0.474. The van der Waals surface area contributed by atoms with Gasteiger partial charge in [-0.3, -0.25) is 9.59 Å². The van der Waals surface area contributed by atoms with Gasteiger partial charge >= 0.3 is 0 Å². The van der Waals surface area contributed by atoms with Crippen molar-refractivity contribution in [3.05, 3.63) is 49.7 Å². The molecule has 3 nitrogen and oxygen atoms in total. The highest BCUT2D eigenvalue weighted by Crippen LogP contribution is 2.39. The van der Waals surface area contributed by atoms with Crippen molar-refractivity contribution in [2.75, 3.05) is 11.4 Å². The lowest BCUT2D eigenvalue weighted by Gasteiger charge is -2.46. The Morgan fingerprint density at radius 2 is 1.61 bits per heavy atom. The van der Waals surface area contributed by atoms with Gasteiger partial charge in [0.1, 0.15) is 5.69 Å². The fourth-order valence-corrected chi connectivity index (χ4v) is 4.57. The molecule has 2 fully saturated rings. The molecule has 1 saturated carbocycles. The molecule has 0 radical (unpaired) electrons. The van der Waals surface area contributed by atoms with Crippen molar-refractivity contribution in [1.29, 1.82) is 0 Å². The van der Waals surface area contributed by atoms with Gasteiger partial charge in [-0.15, -0.1) is 0 Å². The lowest BCUT2D eigenvalue weighted by molar-refractivity contribution is 0.243. The van der Waals surface area contributed by atoms with Gasteiger partial charge in [0, 0.05) is 17.6 Å². The molecule has 120 valence electrons. The van der Waals surface area contributed by atoms with E-state index in [-0.39, 0.29) is 10.9 Å². The van der Waals surface area contributed by atoms with Crippen LogP contribution >= 0.6 is 11.6 Å². The number of hydrogen-bond acceptors (Lipinski definition) is 3. The molecule has 4 rings (SSSR count). The van der Waals surface area contributed by atoms with Crippen molar-refractivity contribution in [2.45, 2.75) is 44.6 Å². The highest BCUT2D eigenvalue weighted by atomic mass is 35.5. The zero-order valence-electron chi connectivity index (χ0n) is 13.1. The summed E-state index contributed by atoms with van der Waals surface area (Å²) >= 11 is 5.94. The van der Waals surface area contributed by atoms with Crippen LogP contribution in [-0.4, -0.2) is 12.6 Å². The molecule has 2 aromatic carbocycles. The molecule has 23 heavy (non-hydrogen) atoms. The molecule has 1 aliphatic heterocycles. The monoisotopic (exact) mass is 329 g/mol. The third-order valence-corrected chi connectivity index (χ3v) is 5.80. The van der Waals surface area contributed by atoms with Gasteiger partial charge in [-0.2, -0.15) is 0 Å². The van der Waals surface area contributed by atoms with E-state index in [1.807, 2.05) is 12.1 Å². The average molecular weight is 330 g/mol. The third-order valence-electron chi connectivity index (χ3n) is 5.55. The minimum atomic E-state index is -0.347. The molecule has 0 aromatic heterocycles. The van der Waals surface area contributed by atoms with E-state index in [1.54, 1.807) is 12.1 Å². The van der Waals surface area contributed by atoms with E-state index >= 15 is 0 Å². The molecular weight excluding hydrogens is 310 g/mol. The van der Waals surface area contributed by atoms with Crippen LogP contribution in [0.25, 0.3) is 11.1 Å². The van der Waals surface area contributed by atoms with Gasteiger partial charge in [0.25, 0.3) is 0 Å². The van der Waals surface area contributed by atoms with Crippen molar-refractivity contribution in [1.82, 2.24) is 0 Å². The number of benzene rings is 1. The molecule has 0 amide bonds. The summed E-state index contributed by atoms with van der Waals surface area (Å²) in [5.74, 6) is 0.681. The van der Waals surface area contributed by atoms with Crippen LogP contribution in [0.4, 0.5) is 5.69 Å². The Hall–Kier alpha value is -1.61. The average Bonchev–Trinajstić information content (AvgIpc) is 2.59. The highest BCUT2D eigenvalue weighted by Gasteiger charge is 2.38. The smallest absolute Gasteiger partial charge is 0.250 e. The fourth-order valence-electron chi connectivity index (χ4n) is 4.44. The zero-order valence-corrected chi connectivity index (χ0v) is 13.8. The third kappa shape index (κ3) is 2.42. The Morgan fingerprint density at radius 1 is 0.913 bits per heavy atom. The summed E-state index contributed by atoms with van der Waals surface area (Å²) in [7, 11) is 0. The number of hydrogen-bond donors (Lipinski definition) is 0. The first-order valence-corrected chi connectivity index (χ1v) is 8.90. The Kier molecular flexibility index (Phi) is 3.76. The van der Waals surface area contributed by atoms with Crippen LogP contribution in [-0.2, 0) is 0 Å². The molecule has 1 heterocycles. The lowest BCUT2D eigenvalue weighted by atomic mass is 9.77. The number of fused-ring (bicyclic) bond motifs is 1. The van der Waals surface area contributed by atoms with E-state index < -0.39 is 0 Å². The predicted molar refractivity (Wildman–Crippen MR) is 94.1 cm³/mol. The number of nitrogens with zero attached hydrogens (tertiary/aromatic N) is 1. The van der Waals surface area contributed by atoms with Crippen LogP contribution in [0, 0.1) is 5.92 Å². The molecule has 1 aliphatic carbocycles. The van der Waals surface area contributed by atoms with Crippen LogP contribution in [0.5, 0.6) is 0 Å². The summed E-state index contributed by atoms with van der Waals surface area (Å²) in [5.41, 5.74) is 1.42. The molecule has 4 heteroatoms. The Morgan fingerprint density at radius 3 is 2.39 bits per heavy atom. The van der Waals surface area contributed by atoms with E-state index in [4.69, 9.17) is 11.6 Å². The van der Waals surface area contributed by atoms with Crippen LogP contribution in [0.3, 0.4) is 0 Å². The predicted octanol–water partition coefficient (Wildman–Crippen LogP) is 3.76. The van der Waals surface area contributed by atoms with Crippen molar-refractivity contribution in [2.24, 2.45) is 5.92 Å². The maximum Gasteiger partial charge on any atom is 0.250 e. The van der Waals surface area contributed by atoms with Crippen molar-refractivity contribution >= 4 is 17.3 Å². The van der Waals surface area contributed by atoms with Crippen LogP contribution in [0.15, 0.2) is 33.9 Å². The molecule has 2 atom stereocenters. The van der Waals surface area contributed by atoms with Gasteiger partial charge in [-0.05, 0) is 49.3 Å². The van der Waals surface area contributed by atoms with E-state index in [1.165, 1.54) is 25.7 Å². The van der Waals surface area contributed by atoms with Gasteiger partial charge in [0.05, 0.1) is 5.56 Å². The Balaban J connectivity index is 1.74. The number of rotatable bonds is 2. The zero-order chi connectivity index (χ0) is 16.0. The Bertz CT molecular complexity index is 787. The maximum absolute atomic E-state index is 12.3. The topological polar surface area (TPSA) is 37.4 Å². The minimum absolute atomic E-state index is 0.304. The summed E-state index contributed by atoms with van der Waals surface area (Å²) in [5, 5.41) is 0.638. The molecule has 0 bridgehead atoms. The van der Waals surface area contributed by atoms with Crippen LogP contribution in [0.1, 0.15) is 38.5 Å². The summed E-state index contributed by atoms with van der Waals surface area (Å²) in [6.07, 6.45) is 7.29. The quantitative estimate of drug-likeness (QED) is 0.787. The minimum Gasteiger partial charge on any atom is -0.364 e. The molecule has 0 spiro atoms. The molecular formula is C19H20ClNO2. The first kappa shape index (κ1) is 14.9. The van der Waals surface area contributed by atoms with E-state index in [0.29, 0.717) is 28.2 Å². The van der Waals surface area contributed by atoms with Crippen LogP contribution in [0.2, 0.25) is 5.02 Å². The first-order valence-electron chi connectivity index (χ1n) is 8.52. The van der Waals surface area contributed by atoms with E-state index in [9.17, 15) is 9.59 Å². The number of piperidine rings is 1. The second kappa shape index (κ2) is 5.79. The largest absolute Gasteiger partial charge is 0.364 e. The van der Waals surface area contributed by atoms with Gasteiger partial charge in [0.15, 0.2) is 0 Å². The van der Waals surface area contributed by atoms with Crippen molar-refractivity contribution in [3.63, 3.8) is 0 Å². The van der Waals surface area contributed by atoms with Gasteiger partial charge in [-0.25, -0.2) is 0 Å². The first-order chi connectivity index (χ1) is 11.2. The SMILES string of the molecule is O=c1c(-c2ccc(Cl)cc2)c(N2CCC[C@@H]3CCCC[C@@H]32)c1=O. The maximum atomic E-state index is 12.3. The van der Waals surface area contributed by atoms with Gasteiger partial charge < -0.3 is 4.90 Å². The van der Waals surface area contributed by atoms with Gasteiger partial charge in [0.2, 0.25) is 10.9 Å². The summed E-state index contributed by atoms with van der Waals surface area (Å²) in [6, 6.07) is 7.66. The summed E-state index contributed by atoms with van der Waals surface area (Å²) < 4.78 is 0. The lowest BCUT2D eigenvalue weighted by Crippen LogP contribution is -2.52. The molecule has 1 saturated heterocycles. The van der Waals surface area contributed by atoms with E-state index in [2.05, 4.69) is 4.90 Å². The summed E-state index contributed by atoms with van der Waals surface area (Å²) in [4.78, 5) is 26.8. The number of anilines is 1. The Labute approximate surface area is 140 Å². The summed E-state index contributed by atoms with van der Waals surface area (Å²) in [6.45, 7) is 0.895. The van der Waals surface area contributed by atoms with Gasteiger partial charge in [-0.1, -0.05) is 36.6 Å². The normalized spacial score (nSPS) is 24.7. The van der Waals surface area contributed by atoms with Crippen molar-refractivity contribution < 1.29 is 0 Å². The van der Waals surface area contributed by atoms with E-state index in [0.717, 1.165) is 24.9 Å².